The molecule has 1 aromatic heterocycles. The number of piperidine rings is 1. The number of hydrogen-bond acceptors (Lipinski definition) is 6. The van der Waals surface area contributed by atoms with Crippen molar-refractivity contribution in [1.82, 2.24) is 14.7 Å². The van der Waals surface area contributed by atoms with Crippen LogP contribution in [0, 0.1) is 12.8 Å². The number of amides is 4. The van der Waals surface area contributed by atoms with Crippen molar-refractivity contribution in [3.8, 4) is 0 Å². The second kappa shape index (κ2) is 8.49. The fourth-order valence-corrected chi connectivity index (χ4v) is 4.56. The van der Waals surface area contributed by atoms with Crippen molar-refractivity contribution in [3.05, 3.63) is 57.8 Å². The van der Waals surface area contributed by atoms with Gasteiger partial charge in [-0.2, -0.15) is 0 Å². The van der Waals surface area contributed by atoms with E-state index < -0.39 is 17.8 Å². The molecule has 2 aliphatic rings. The van der Waals surface area contributed by atoms with Crippen LogP contribution in [-0.2, 0) is 16.1 Å². The van der Waals surface area contributed by atoms with Crippen LogP contribution < -0.4 is 0 Å². The standard InChI is InChI=1S/C22H23N3O4S/c1-15-4-6-16(7-5-15)19(26)17-8-10-23(11-9-17)14-25-21(28)20(27)24(22(25)29)13-18-3-2-12-30-18/h2-7,12,17H,8-11,13-14H2,1H3. The van der Waals surface area contributed by atoms with Crippen molar-refractivity contribution in [2.24, 2.45) is 5.92 Å². The second-order valence-corrected chi connectivity index (χ2v) is 8.78. The summed E-state index contributed by atoms with van der Waals surface area (Å²) in [5.74, 6) is -1.49. The van der Waals surface area contributed by atoms with Gasteiger partial charge in [-0.3, -0.25) is 24.2 Å². The Balaban J connectivity index is 1.34. The highest BCUT2D eigenvalue weighted by atomic mass is 32.1. The Hall–Kier alpha value is -2.84. The van der Waals surface area contributed by atoms with E-state index in [0.29, 0.717) is 25.9 Å². The normalized spacial score (nSPS) is 18.5. The van der Waals surface area contributed by atoms with Gasteiger partial charge >= 0.3 is 17.8 Å². The Kier molecular flexibility index (Phi) is 5.78. The minimum atomic E-state index is -0.783. The molecule has 0 unspecified atom stereocenters. The van der Waals surface area contributed by atoms with Crippen LogP contribution in [0.1, 0.15) is 33.6 Å². The third-order valence-electron chi connectivity index (χ3n) is 5.66. The number of nitrogens with zero attached hydrogens (tertiary/aromatic N) is 3. The quantitative estimate of drug-likeness (QED) is 0.404. The molecular formula is C22H23N3O4S. The van der Waals surface area contributed by atoms with E-state index in [1.807, 2.05) is 53.6 Å². The van der Waals surface area contributed by atoms with Crippen molar-refractivity contribution in [3.63, 3.8) is 0 Å². The number of urea groups is 1. The first-order chi connectivity index (χ1) is 14.4. The molecule has 0 atom stereocenters. The van der Waals surface area contributed by atoms with Crippen LogP contribution in [0.5, 0.6) is 0 Å². The van der Waals surface area contributed by atoms with Crippen molar-refractivity contribution in [2.45, 2.75) is 26.3 Å². The van der Waals surface area contributed by atoms with Crippen LogP contribution in [0.2, 0.25) is 0 Å². The average Bonchev–Trinajstić information content (AvgIpc) is 3.34. The third kappa shape index (κ3) is 4.06. The zero-order valence-corrected chi connectivity index (χ0v) is 17.6. The lowest BCUT2D eigenvalue weighted by molar-refractivity contribution is -0.144. The molecule has 2 aliphatic heterocycles. The van der Waals surface area contributed by atoms with Crippen molar-refractivity contribution in [2.75, 3.05) is 19.8 Å². The molecule has 0 bridgehead atoms. The molecule has 2 aromatic rings. The van der Waals surface area contributed by atoms with Gasteiger partial charge in [0.15, 0.2) is 5.78 Å². The Labute approximate surface area is 178 Å². The number of carbonyl (C=O) groups excluding carboxylic acids is 4. The number of aryl methyl sites for hydroxylation is 1. The van der Waals surface area contributed by atoms with Crippen molar-refractivity contribution >= 4 is 35.0 Å². The van der Waals surface area contributed by atoms with Crippen molar-refractivity contribution in [1.29, 1.82) is 0 Å². The largest absolute Gasteiger partial charge is 0.335 e. The van der Waals surface area contributed by atoms with E-state index in [1.165, 1.54) is 11.3 Å². The summed E-state index contributed by atoms with van der Waals surface area (Å²) in [6.45, 7) is 3.37. The van der Waals surface area contributed by atoms with Gasteiger partial charge in [0.05, 0.1) is 13.2 Å². The lowest BCUT2D eigenvalue weighted by Crippen LogP contribution is -2.46. The van der Waals surface area contributed by atoms with Gasteiger partial charge in [-0.25, -0.2) is 9.69 Å². The van der Waals surface area contributed by atoms with Gasteiger partial charge in [0.25, 0.3) is 0 Å². The van der Waals surface area contributed by atoms with Gasteiger partial charge in [-0.15, -0.1) is 11.3 Å². The summed E-state index contributed by atoms with van der Waals surface area (Å²) in [7, 11) is 0. The summed E-state index contributed by atoms with van der Waals surface area (Å²) in [4.78, 5) is 54.8. The topological polar surface area (TPSA) is 78.0 Å². The van der Waals surface area contributed by atoms with Crippen LogP contribution in [-0.4, -0.2) is 58.1 Å². The minimum absolute atomic E-state index is 0.0640. The van der Waals surface area contributed by atoms with Crippen LogP contribution >= 0.6 is 11.3 Å². The Bertz CT molecular complexity index is 963. The highest BCUT2D eigenvalue weighted by Crippen LogP contribution is 2.24. The maximum absolute atomic E-state index is 12.7. The molecule has 2 saturated heterocycles. The summed E-state index contributed by atoms with van der Waals surface area (Å²) in [6, 6.07) is 10.7. The van der Waals surface area contributed by atoms with Crippen LogP contribution in [0.3, 0.4) is 0 Å². The van der Waals surface area contributed by atoms with E-state index in [0.717, 1.165) is 25.8 Å². The molecular weight excluding hydrogens is 402 g/mol. The number of likely N-dealkylation sites (tertiary alicyclic amines) is 1. The zero-order valence-electron chi connectivity index (χ0n) is 16.7. The maximum atomic E-state index is 12.7. The number of imide groups is 2. The lowest BCUT2D eigenvalue weighted by Gasteiger charge is -2.33. The number of benzene rings is 1. The molecule has 7 nitrogen and oxygen atoms in total. The molecule has 0 spiro atoms. The molecule has 1 aromatic carbocycles. The first-order valence-corrected chi connectivity index (χ1v) is 10.8. The average molecular weight is 426 g/mol. The third-order valence-corrected chi connectivity index (χ3v) is 6.53. The summed E-state index contributed by atoms with van der Waals surface area (Å²) in [6.07, 6.45) is 1.32. The number of Topliss-reactive ketones (excluding diaryl/α,β-unsaturated/α-hetero) is 1. The fraction of sp³-hybridized carbons (Fsp3) is 0.364. The lowest BCUT2D eigenvalue weighted by atomic mass is 9.89. The molecule has 3 heterocycles. The summed E-state index contributed by atoms with van der Waals surface area (Å²) >= 11 is 1.44. The van der Waals surface area contributed by atoms with E-state index in [-0.39, 0.29) is 24.9 Å². The van der Waals surface area contributed by atoms with E-state index in [4.69, 9.17) is 0 Å². The van der Waals surface area contributed by atoms with E-state index >= 15 is 0 Å². The molecule has 4 rings (SSSR count). The molecule has 0 aliphatic carbocycles. The molecule has 8 heteroatoms. The minimum Gasteiger partial charge on any atom is -0.294 e. The summed E-state index contributed by atoms with van der Waals surface area (Å²) in [5, 5.41) is 1.86. The van der Waals surface area contributed by atoms with Crippen LogP contribution in [0.15, 0.2) is 41.8 Å². The van der Waals surface area contributed by atoms with Gasteiger partial charge in [-0.1, -0.05) is 35.9 Å². The number of hydrogen-bond donors (Lipinski definition) is 0. The molecule has 0 radical (unpaired) electrons. The van der Waals surface area contributed by atoms with Gasteiger partial charge in [-0.05, 0) is 31.2 Å². The van der Waals surface area contributed by atoms with Gasteiger partial charge in [0.1, 0.15) is 0 Å². The fourth-order valence-electron chi connectivity index (χ4n) is 3.86. The van der Waals surface area contributed by atoms with E-state index in [2.05, 4.69) is 0 Å². The first-order valence-electron chi connectivity index (χ1n) is 9.97. The number of carbonyl (C=O) groups is 4. The number of rotatable bonds is 6. The van der Waals surface area contributed by atoms with Crippen LogP contribution in [0.4, 0.5) is 4.79 Å². The van der Waals surface area contributed by atoms with E-state index in [1.54, 1.807) is 0 Å². The summed E-state index contributed by atoms with van der Waals surface area (Å²) in [5.41, 5.74) is 1.84. The molecule has 156 valence electrons. The van der Waals surface area contributed by atoms with Gasteiger partial charge < -0.3 is 0 Å². The Morgan fingerprint density at radius 2 is 1.67 bits per heavy atom. The molecule has 4 amide bonds. The predicted octanol–water partition coefficient (Wildman–Crippen LogP) is 2.90. The summed E-state index contributed by atoms with van der Waals surface area (Å²) < 4.78 is 0. The van der Waals surface area contributed by atoms with Crippen molar-refractivity contribution < 1.29 is 19.2 Å². The monoisotopic (exact) mass is 425 g/mol. The molecule has 30 heavy (non-hydrogen) atoms. The Morgan fingerprint density at radius 3 is 2.30 bits per heavy atom. The predicted molar refractivity (Wildman–Crippen MR) is 112 cm³/mol. The zero-order chi connectivity index (χ0) is 21.3. The van der Waals surface area contributed by atoms with E-state index in [9.17, 15) is 19.2 Å². The highest BCUT2D eigenvalue weighted by molar-refractivity contribution is 7.09. The molecule has 2 fully saturated rings. The number of ketones is 1. The highest BCUT2D eigenvalue weighted by Gasteiger charge is 2.45. The van der Waals surface area contributed by atoms with Crippen LogP contribution in [0.25, 0.3) is 0 Å². The smallest absolute Gasteiger partial charge is 0.294 e. The second-order valence-electron chi connectivity index (χ2n) is 7.75. The SMILES string of the molecule is Cc1ccc(C(=O)C2CCN(CN3C(=O)C(=O)N(Cc4cccs4)C3=O)CC2)cc1. The van der Waals surface area contributed by atoms with Gasteiger partial charge in [0, 0.05) is 29.4 Å². The molecule has 0 N–H and O–H groups in total. The first kappa shape index (κ1) is 20.4. The number of thiophene rings is 1. The maximum Gasteiger partial charge on any atom is 0.335 e. The molecule has 0 saturated carbocycles. The Morgan fingerprint density at radius 1 is 1.00 bits per heavy atom. The van der Waals surface area contributed by atoms with Gasteiger partial charge in [0.2, 0.25) is 0 Å².